The van der Waals surface area contributed by atoms with E-state index >= 15 is 0 Å². The van der Waals surface area contributed by atoms with Crippen LogP contribution in [0.15, 0.2) is 58.4 Å². The van der Waals surface area contributed by atoms with E-state index in [1.54, 1.807) is 23.1 Å². The number of benzene rings is 2. The fourth-order valence-electron chi connectivity index (χ4n) is 3.40. The molecule has 2 aromatic rings. The number of hydrogen-bond donors (Lipinski definition) is 0. The van der Waals surface area contributed by atoms with Gasteiger partial charge in [-0.15, -0.1) is 0 Å². The summed E-state index contributed by atoms with van der Waals surface area (Å²) in [5.74, 6) is -0.125. The fourth-order valence-corrected chi connectivity index (χ4v) is 4.40. The van der Waals surface area contributed by atoms with Gasteiger partial charge in [-0.25, -0.2) is 4.99 Å². The number of amidine groups is 1. The van der Waals surface area contributed by atoms with Gasteiger partial charge in [0.25, 0.3) is 11.6 Å². The van der Waals surface area contributed by atoms with E-state index in [2.05, 4.69) is 0 Å². The van der Waals surface area contributed by atoms with Gasteiger partial charge in [-0.1, -0.05) is 12.1 Å². The minimum absolute atomic E-state index is 0.0102. The number of nitrogens with zero attached hydrogens (tertiary/aromatic N) is 3. The first-order chi connectivity index (χ1) is 14.5. The number of amides is 1. The van der Waals surface area contributed by atoms with E-state index in [-0.39, 0.29) is 17.7 Å². The van der Waals surface area contributed by atoms with E-state index in [9.17, 15) is 14.9 Å². The zero-order valence-electron chi connectivity index (χ0n) is 16.5. The average molecular weight is 423 g/mol. The molecule has 1 amide bonds. The van der Waals surface area contributed by atoms with E-state index in [1.807, 2.05) is 31.2 Å². The van der Waals surface area contributed by atoms with Gasteiger partial charge in [0.1, 0.15) is 0 Å². The predicted octanol–water partition coefficient (Wildman–Crippen LogP) is 4.69. The lowest BCUT2D eigenvalue weighted by molar-refractivity contribution is -0.384. The number of hydrogen-bond acceptors (Lipinski definition) is 6. The van der Waals surface area contributed by atoms with E-state index in [1.165, 1.54) is 23.9 Å². The highest BCUT2D eigenvalue weighted by atomic mass is 32.2. The van der Waals surface area contributed by atoms with Gasteiger partial charge in [-0.2, -0.15) is 0 Å². The number of carbonyl (C=O) groups excluding carboxylic acids is 1. The maximum Gasteiger partial charge on any atom is 0.269 e. The largest absolute Gasteiger partial charge is 0.376 e. The van der Waals surface area contributed by atoms with Crippen LogP contribution in [0.25, 0.3) is 6.08 Å². The van der Waals surface area contributed by atoms with E-state index in [4.69, 9.17) is 9.73 Å². The molecule has 1 unspecified atom stereocenters. The summed E-state index contributed by atoms with van der Waals surface area (Å²) < 4.78 is 5.73. The Labute approximate surface area is 178 Å². The Bertz CT molecular complexity index is 1030. The van der Waals surface area contributed by atoms with Crippen LogP contribution < -0.4 is 0 Å². The van der Waals surface area contributed by atoms with Gasteiger partial charge in [0.15, 0.2) is 5.17 Å². The van der Waals surface area contributed by atoms with Crippen LogP contribution in [0.5, 0.6) is 0 Å². The third-order valence-corrected chi connectivity index (χ3v) is 5.93. The van der Waals surface area contributed by atoms with Crippen LogP contribution in [0, 0.1) is 17.0 Å². The van der Waals surface area contributed by atoms with Crippen molar-refractivity contribution in [2.75, 3.05) is 13.2 Å². The van der Waals surface area contributed by atoms with E-state index in [0.717, 1.165) is 36.3 Å². The molecular weight excluding hydrogens is 402 g/mol. The molecule has 0 bridgehead atoms. The highest BCUT2D eigenvalue weighted by Gasteiger charge is 2.35. The quantitative estimate of drug-likeness (QED) is 0.396. The maximum absolute atomic E-state index is 13.1. The average Bonchev–Trinajstić information content (AvgIpc) is 3.33. The molecule has 0 radical (unpaired) electrons. The highest BCUT2D eigenvalue weighted by molar-refractivity contribution is 8.18. The minimum atomic E-state index is -0.442. The molecule has 8 heteroatoms. The summed E-state index contributed by atoms with van der Waals surface area (Å²) in [6, 6.07) is 14.0. The molecule has 2 saturated heterocycles. The lowest BCUT2D eigenvalue weighted by atomic mass is 10.2. The topological polar surface area (TPSA) is 85.0 Å². The summed E-state index contributed by atoms with van der Waals surface area (Å²) in [6.45, 7) is 3.18. The Morgan fingerprint density at radius 3 is 2.77 bits per heavy atom. The SMILES string of the molecule is Cc1cccc(N=C2S/C(=C\c3ccc([N+](=O)[O-])cc3)C(=O)N2CC2CCCO2)c1. The number of nitro benzene ring substituents is 1. The summed E-state index contributed by atoms with van der Waals surface area (Å²) in [5, 5.41) is 11.5. The molecule has 0 spiro atoms. The fraction of sp³-hybridized carbons (Fsp3) is 0.273. The molecule has 0 saturated carbocycles. The molecule has 0 aliphatic carbocycles. The number of rotatable bonds is 5. The Hall–Kier alpha value is -2.97. The molecule has 2 aliphatic heterocycles. The smallest absolute Gasteiger partial charge is 0.269 e. The maximum atomic E-state index is 13.1. The van der Waals surface area contributed by atoms with Crippen molar-refractivity contribution in [2.24, 2.45) is 4.99 Å². The van der Waals surface area contributed by atoms with Gasteiger partial charge in [0.05, 0.1) is 28.2 Å². The third-order valence-electron chi connectivity index (χ3n) is 4.93. The highest BCUT2D eigenvalue weighted by Crippen LogP contribution is 2.35. The lowest BCUT2D eigenvalue weighted by Crippen LogP contribution is -2.36. The van der Waals surface area contributed by atoms with Crippen LogP contribution in [0.2, 0.25) is 0 Å². The summed E-state index contributed by atoms with van der Waals surface area (Å²) in [5.41, 5.74) is 2.63. The molecule has 2 heterocycles. The molecule has 0 aromatic heterocycles. The minimum Gasteiger partial charge on any atom is -0.376 e. The summed E-state index contributed by atoms with van der Waals surface area (Å²) >= 11 is 1.31. The normalized spacial score (nSPS) is 21.7. The molecule has 154 valence electrons. The molecule has 2 aliphatic rings. The molecule has 7 nitrogen and oxygen atoms in total. The second kappa shape index (κ2) is 8.81. The van der Waals surface area contributed by atoms with Gasteiger partial charge in [-0.3, -0.25) is 19.8 Å². The second-order valence-corrected chi connectivity index (χ2v) is 8.25. The standard InChI is InChI=1S/C22H21N3O4S/c1-15-4-2-5-17(12-15)23-22-24(14-19-6-3-11-29-19)21(26)20(30-22)13-16-7-9-18(10-8-16)25(27)28/h2,4-5,7-10,12-13,19H,3,6,11,14H2,1H3/b20-13-,23-22?. The zero-order chi connectivity index (χ0) is 21.1. The van der Waals surface area contributed by atoms with Crippen molar-refractivity contribution in [3.8, 4) is 0 Å². The van der Waals surface area contributed by atoms with Crippen LogP contribution >= 0.6 is 11.8 Å². The summed E-state index contributed by atoms with van der Waals surface area (Å²) in [4.78, 5) is 30.5. The van der Waals surface area contributed by atoms with Gasteiger partial charge in [0, 0.05) is 18.7 Å². The lowest BCUT2D eigenvalue weighted by Gasteiger charge is -2.19. The van der Waals surface area contributed by atoms with Crippen molar-refractivity contribution < 1.29 is 14.5 Å². The Morgan fingerprint density at radius 2 is 2.10 bits per heavy atom. The third kappa shape index (κ3) is 4.60. The van der Waals surface area contributed by atoms with Crippen molar-refractivity contribution in [1.29, 1.82) is 0 Å². The Morgan fingerprint density at radius 1 is 1.30 bits per heavy atom. The molecule has 2 aromatic carbocycles. The molecule has 0 N–H and O–H groups in total. The van der Waals surface area contributed by atoms with Crippen molar-refractivity contribution >= 4 is 40.3 Å². The van der Waals surface area contributed by atoms with Gasteiger partial charge in [0.2, 0.25) is 0 Å². The Balaban J connectivity index is 1.64. The van der Waals surface area contributed by atoms with Crippen LogP contribution in [0.4, 0.5) is 11.4 Å². The number of carbonyl (C=O) groups is 1. The van der Waals surface area contributed by atoms with Gasteiger partial charge >= 0.3 is 0 Å². The van der Waals surface area contributed by atoms with Crippen molar-refractivity contribution in [3.05, 3.63) is 74.7 Å². The van der Waals surface area contributed by atoms with Crippen LogP contribution in [-0.4, -0.2) is 40.2 Å². The number of thioether (sulfide) groups is 1. The zero-order valence-corrected chi connectivity index (χ0v) is 17.3. The first-order valence-electron chi connectivity index (χ1n) is 9.72. The molecule has 30 heavy (non-hydrogen) atoms. The molecule has 2 fully saturated rings. The number of nitro groups is 1. The number of aryl methyl sites for hydroxylation is 1. The monoisotopic (exact) mass is 423 g/mol. The Kier molecular flexibility index (Phi) is 5.96. The van der Waals surface area contributed by atoms with E-state index < -0.39 is 4.92 Å². The van der Waals surface area contributed by atoms with Crippen LogP contribution in [0.1, 0.15) is 24.0 Å². The van der Waals surface area contributed by atoms with Gasteiger partial charge in [-0.05, 0) is 73.0 Å². The van der Waals surface area contributed by atoms with Crippen LogP contribution in [0.3, 0.4) is 0 Å². The molecular formula is C22H21N3O4S. The summed E-state index contributed by atoms with van der Waals surface area (Å²) in [7, 11) is 0. The summed E-state index contributed by atoms with van der Waals surface area (Å²) in [6.07, 6.45) is 3.68. The number of ether oxygens (including phenoxy) is 1. The second-order valence-electron chi connectivity index (χ2n) is 7.24. The first kappa shape index (κ1) is 20.3. The predicted molar refractivity (Wildman–Crippen MR) is 118 cm³/mol. The molecule has 4 rings (SSSR count). The molecule has 1 atom stereocenters. The van der Waals surface area contributed by atoms with E-state index in [0.29, 0.717) is 16.6 Å². The number of non-ortho nitro benzene ring substituents is 1. The first-order valence-corrected chi connectivity index (χ1v) is 10.5. The van der Waals surface area contributed by atoms with Gasteiger partial charge < -0.3 is 4.74 Å². The van der Waals surface area contributed by atoms with Crippen molar-refractivity contribution in [1.82, 2.24) is 4.90 Å². The number of aliphatic imine (C=N–C) groups is 1. The van der Waals surface area contributed by atoms with Crippen LogP contribution in [-0.2, 0) is 9.53 Å². The van der Waals surface area contributed by atoms with Crippen molar-refractivity contribution in [3.63, 3.8) is 0 Å². The van der Waals surface area contributed by atoms with Crippen molar-refractivity contribution in [2.45, 2.75) is 25.9 Å².